The van der Waals surface area contributed by atoms with Crippen LogP contribution in [0, 0.1) is 5.92 Å². The van der Waals surface area contributed by atoms with E-state index in [0.717, 1.165) is 30.2 Å². The summed E-state index contributed by atoms with van der Waals surface area (Å²) in [4.78, 5) is 36.4. The van der Waals surface area contributed by atoms with Crippen molar-refractivity contribution in [3.63, 3.8) is 0 Å². The van der Waals surface area contributed by atoms with Gasteiger partial charge in [0.05, 0.1) is 23.0 Å². The van der Waals surface area contributed by atoms with Gasteiger partial charge < -0.3 is 15.0 Å². The van der Waals surface area contributed by atoms with Crippen LogP contribution in [0.25, 0.3) is 0 Å². The van der Waals surface area contributed by atoms with E-state index in [9.17, 15) is 27.6 Å². The average Bonchev–Trinajstić information content (AvgIpc) is 2.51. The van der Waals surface area contributed by atoms with E-state index in [-0.39, 0.29) is 11.6 Å². The number of carbonyl (C=O) groups is 3. The van der Waals surface area contributed by atoms with Crippen molar-refractivity contribution < 1.29 is 32.3 Å². The Hall–Kier alpha value is -2.29. The van der Waals surface area contributed by atoms with Crippen LogP contribution in [0.4, 0.5) is 18.9 Å². The lowest BCUT2D eigenvalue weighted by Crippen LogP contribution is -2.38. The van der Waals surface area contributed by atoms with Crippen LogP contribution < -0.4 is 5.32 Å². The van der Waals surface area contributed by atoms with Crippen LogP contribution in [-0.4, -0.2) is 42.9 Å². The van der Waals surface area contributed by atoms with E-state index in [1.165, 1.54) is 13.1 Å². The predicted octanol–water partition coefficient (Wildman–Crippen LogP) is 3.10. The number of benzene rings is 1. The van der Waals surface area contributed by atoms with Crippen LogP contribution in [-0.2, 0) is 25.3 Å². The van der Waals surface area contributed by atoms with Crippen LogP contribution in [0.15, 0.2) is 18.2 Å². The van der Waals surface area contributed by atoms with Crippen molar-refractivity contribution in [2.75, 3.05) is 25.5 Å². The highest BCUT2D eigenvalue weighted by Crippen LogP contribution is 2.36. The molecule has 1 N–H and O–H groups in total. The number of carbonyl (C=O) groups excluding carboxylic acids is 3. The zero-order valence-corrected chi connectivity index (χ0v) is 15.2. The standard InChI is InChI=1S/C17H18ClF3N2O4/c1-23(15(25)9-27-16(26)10-3-2-4-10)8-14(24)22-11-5-6-13(18)12(7-11)17(19,20)21/h5-7,10H,2-4,8-9H2,1H3,(H,22,24). The first kappa shape index (κ1) is 21.0. The minimum Gasteiger partial charge on any atom is -0.455 e. The number of halogens is 4. The van der Waals surface area contributed by atoms with Crippen molar-refractivity contribution in [3.05, 3.63) is 28.8 Å². The first-order valence-corrected chi connectivity index (χ1v) is 8.53. The molecule has 0 aliphatic heterocycles. The molecule has 6 nitrogen and oxygen atoms in total. The maximum atomic E-state index is 12.8. The molecule has 148 valence electrons. The Morgan fingerprint density at radius 1 is 1.30 bits per heavy atom. The lowest BCUT2D eigenvalue weighted by atomic mass is 9.86. The summed E-state index contributed by atoms with van der Waals surface area (Å²) in [7, 11) is 1.32. The lowest BCUT2D eigenvalue weighted by molar-refractivity contribution is -0.157. The highest BCUT2D eigenvalue weighted by Gasteiger charge is 2.33. The summed E-state index contributed by atoms with van der Waals surface area (Å²) >= 11 is 5.51. The summed E-state index contributed by atoms with van der Waals surface area (Å²) in [5.74, 6) is -1.90. The Balaban J connectivity index is 1.85. The van der Waals surface area contributed by atoms with Gasteiger partial charge in [0.15, 0.2) is 6.61 Å². The zero-order valence-electron chi connectivity index (χ0n) is 14.4. The molecule has 1 aliphatic carbocycles. The third-order valence-electron chi connectivity index (χ3n) is 4.14. The summed E-state index contributed by atoms with van der Waals surface area (Å²) in [6, 6.07) is 2.95. The van der Waals surface area contributed by atoms with Gasteiger partial charge in [0.1, 0.15) is 0 Å². The highest BCUT2D eigenvalue weighted by atomic mass is 35.5. The maximum absolute atomic E-state index is 12.8. The summed E-state index contributed by atoms with van der Waals surface area (Å²) in [5, 5.41) is 1.78. The van der Waals surface area contributed by atoms with Crippen LogP contribution in [0.2, 0.25) is 5.02 Å². The molecular formula is C17H18ClF3N2O4. The average molecular weight is 407 g/mol. The van der Waals surface area contributed by atoms with Crippen LogP contribution in [0.3, 0.4) is 0 Å². The number of hydrogen-bond acceptors (Lipinski definition) is 4. The summed E-state index contributed by atoms with van der Waals surface area (Å²) in [5.41, 5.74) is -1.18. The lowest BCUT2D eigenvalue weighted by Gasteiger charge is -2.23. The molecule has 1 aromatic rings. The molecule has 0 atom stereocenters. The van der Waals surface area contributed by atoms with E-state index in [4.69, 9.17) is 16.3 Å². The van der Waals surface area contributed by atoms with Gasteiger partial charge in [-0.15, -0.1) is 0 Å². The topological polar surface area (TPSA) is 75.7 Å². The molecule has 2 rings (SSSR count). The number of likely N-dealkylation sites (N-methyl/N-ethyl adjacent to an activating group) is 1. The second-order valence-electron chi connectivity index (χ2n) is 6.23. The molecule has 10 heteroatoms. The normalized spacial score (nSPS) is 14.3. The highest BCUT2D eigenvalue weighted by molar-refractivity contribution is 6.31. The summed E-state index contributed by atoms with van der Waals surface area (Å²) < 4.78 is 43.4. The Labute approximate surface area is 158 Å². The van der Waals surface area contributed by atoms with Crippen molar-refractivity contribution in [3.8, 4) is 0 Å². The number of hydrogen-bond donors (Lipinski definition) is 1. The minimum absolute atomic E-state index is 0.103. The molecular weight excluding hydrogens is 389 g/mol. The van der Waals surface area contributed by atoms with Crippen molar-refractivity contribution in [1.29, 1.82) is 0 Å². The summed E-state index contributed by atoms with van der Waals surface area (Å²) in [6.07, 6.45) is -2.22. The smallest absolute Gasteiger partial charge is 0.417 e. The first-order valence-electron chi connectivity index (χ1n) is 8.15. The number of alkyl halides is 3. The second-order valence-corrected chi connectivity index (χ2v) is 6.63. The number of nitrogens with one attached hydrogen (secondary N) is 1. The fourth-order valence-corrected chi connectivity index (χ4v) is 2.55. The van der Waals surface area contributed by atoms with E-state index in [1.807, 2.05) is 0 Å². The fraction of sp³-hybridized carbons (Fsp3) is 0.471. The van der Waals surface area contributed by atoms with Gasteiger partial charge in [-0.05, 0) is 31.0 Å². The van der Waals surface area contributed by atoms with Gasteiger partial charge in [-0.1, -0.05) is 18.0 Å². The van der Waals surface area contributed by atoms with E-state index in [1.54, 1.807) is 0 Å². The third-order valence-corrected chi connectivity index (χ3v) is 4.47. The Bertz CT molecular complexity index is 735. The van der Waals surface area contributed by atoms with Gasteiger partial charge >= 0.3 is 12.1 Å². The van der Waals surface area contributed by atoms with E-state index < -0.39 is 47.7 Å². The largest absolute Gasteiger partial charge is 0.455 e. The predicted molar refractivity (Wildman–Crippen MR) is 91.0 cm³/mol. The van der Waals surface area contributed by atoms with Gasteiger partial charge in [0.2, 0.25) is 5.91 Å². The SMILES string of the molecule is CN(CC(=O)Nc1ccc(Cl)c(C(F)(F)F)c1)C(=O)COC(=O)C1CCC1. The quantitative estimate of drug-likeness (QED) is 0.736. The number of ether oxygens (including phenoxy) is 1. The number of nitrogens with zero attached hydrogens (tertiary/aromatic N) is 1. The van der Waals surface area contributed by atoms with Crippen molar-refractivity contribution in [2.24, 2.45) is 5.92 Å². The number of amides is 2. The van der Waals surface area contributed by atoms with Crippen LogP contribution in [0.1, 0.15) is 24.8 Å². The van der Waals surface area contributed by atoms with Gasteiger partial charge in [-0.25, -0.2) is 0 Å². The second kappa shape index (κ2) is 8.60. The van der Waals surface area contributed by atoms with Gasteiger partial charge in [-0.2, -0.15) is 13.2 Å². The van der Waals surface area contributed by atoms with Crippen molar-refractivity contribution in [2.45, 2.75) is 25.4 Å². The van der Waals surface area contributed by atoms with Gasteiger partial charge in [-0.3, -0.25) is 14.4 Å². The third kappa shape index (κ3) is 5.85. The van der Waals surface area contributed by atoms with Crippen LogP contribution >= 0.6 is 11.6 Å². The molecule has 1 aromatic carbocycles. The van der Waals surface area contributed by atoms with Gasteiger partial charge in [0, 0.05) is 12.7 Å². The molecule has 0 saturated heterocycles. The van der Waals surface area contributed by atoms with Crippen LogP contribution in [0.5, 0.6) is 0 Å². The fourth-order valence-electron chi connectivity index (χ4n) is 2.33. The molecule has 0 aromatic heterocycles. The molecule has 0 unspecified atom stereocenters. The molecule has 27 heavy (non-hydrogen) atoms. The number of esters is 1. The molecule has 1 saturated carbocycles. The first-order chi connectivity index (χ1) is 12.6. The molecule has 0 heterocycles. The molecule has 0 radical (unpaired) electrons. The molecule has 0 spiro atoms. The van der Waals surface area contributed by atoms with E-state index in [2.05, 4.69) is 5.32 Å². The minimum atomic E-state index is -4.66. The zero-order chi connectivity index (χ0) is 20.2. The Morgan fingerprint density at radius 2 is 1.96 bits per heavy atom. The Kier molecular flexibility index (Phi) is 6.69. The molecule has 1 fully saturated rings. The number of rotatable bonds is 6. The molecule has 0 bridgehead atoms. The molecule has 1 aliphatic rings. The van der Waals surface area contributed by atoms with E-state index >= 15 is 0 Å². The van der Waals surface area contributed by atoms with Crippen molar-refractivity contribution >= 4 is 35.1 Å². The van der Waals surface area contributed by atoms with Crippen molar-refractivity contribution in [1.82, 2.24) is 4.90 Å². The van der Waals surface area contributed by atoms with E-state index in [0.29, 0.717) is 6.07 Å². The monoisotopic (exact) mass is 406 g/mol. The number of anilines is 1. The summed E-state index contributed by atoms with van der Waals surface area (Å²) in [6.45, 7) is -0.901. The maximum Gasteiger partial charge on any atom is 0.417 e. The molecule has 2 amide bonds. The Morgan fingerprint density at radius 3 is 2.52 bits per heavy atom. The van der Waals surface area contributed by atoms with Gasteiger partial charge in [0.25, 0.3) is 5.91 Å².